The van der Waals surface area contributed by atoms with E-state index in [0.29, 0.717) is 11.7 Å². The lowest BCUT2D eigenvalue weighted by Gasteiger charge is -2.33. The lowest BCUT2D eigenvalue weighted by molar-refractivity contribution is -0.152. The van der Waals surface area contributed by atoms with Gasteiger partial charge in [-0.15, -0.1) is 0 Å². The highest BCUT2D eigenvalue weighted by atomic mass is 19.1. The fraction of sp³-hybridized carbons (Fsp3) is 0.353. The van der Waals surface area contributed by atoms with Gasteiger partial charge in [0.2, 0.25) is 11.6 Å². The van der Waals surface area contributed by atoms with Crippen molar-refractivity contribution in [3.8, 4) is 5.75 Å². The third-order valence-corrected chi connectivity index (χ3v) is 4.16. The molecule has 0 atom stereocenters. The van der Waals surface area contributed by atoms with Gasteiger partial charge >= 0.3 is 5.97 Å². The average Bonchev–Trinajstić information content (AvgIpc) is 2.62. The van der Waals surface area contributed by atoms with Crippen molar-refractivity contribution in [1.29, 1.82) is 0 Å². The second-order valence-electron chi connectivity index (χ2n) is 5.89. The predicted octanol–water partition coefficient (Wildman–Crippen LogP) is 2.59. The molecule has 2 aromatic rings. The number of alkyl halides is 1. The summed E-state index contributed by atoms with van der Waals surface area (Å²) >= 11 is 0. The van der Waals surface area contributed by atoms with Crippen LogP contribution in [0.1, 0.15) is 18.4 Å². The summed E-state index contributed by atoms with van der Waals surface area (Å²) < 4.78 is 32.4. The van der Waals surface area contributed by atoms with Crippen LogP contribution < -0.4 is 9.64 Å². The second-order valence-corrected chi connectivity index (χ2v) is 5.89. The van der Waals surface area contributed by atoms with Crippen molar-refractivity contribution in [1.82, 2.24) is 9.97 Å². The average molecular weight is 349 g/mol. The fourth-order valence-corrected chi connectivity index (χ4v) is 2.57. The topological polar surface area (TPSA) is 75.5 Å². The third kappa shape index (κ3) is 4.01. The molecule has 1 aliphatic rings. The highest BCUT2D eigenvalue weighted by molar-refractivity contribution is 5.77. The van der Waals surface area contributed by atoms with Gasteiger partial charge in [0.15, 0.2) is 5.75 Å². The molecule has 1 saturated heterocycles. The van der Waals surface area contributed by atoms with Crippen LogP contribution in [0.25, 0.3) is 0 Å². The first-order chi connectivity index (χ1) is 12.0. The van der Waals surface area contributed by atoms with Crippen LogP contribution in [-0.4, -0.2) is 39.8 Å². The molecule has 1 aromatic carbocycles. The molecule has 132 valence electrons. The van der Waals surface area contributed by atoms with E-state index < -0.39 is 11.6 Å². The van der Waals surface area contributed by atoms with Crippen LogP contribution in [0.15, 0.2) is 36.7 Å². The van der Waals surface area contributed by atoms with Gasteiger partial charge in [0, 0.05) is 25.9 Å². The number of benzene rings is 1. The summed E-state index contributed by atoms with van der Waals surface area (Å²) in [6, 6.07) is 5.97. The minimum Gasteiger partial charge on any atom is -0.486 e. The molecule has 25 heavy (non-hydrogen) atoms. The van der Waals surface area contributed by atoms with Crippen molar-refractivity contribution in [2.75, 3.05) is 18.0 Å². The zero-order valence-electron chi connectivity index (χ0n) is 13.4. The number of aromatic nitrogens is 2. The van der Waals surface area contributed by atoms with E-state index in [1.54, 1.807) is 17.0 Å². The summed E-state index contributed by atoms with van der Waals surface area (Å²) in [5.74, 6) is -0.868. The van der Waals surface area contributed by atoms with Gasteiger partial charge in [-0.1, -0.05) is 12.1 Å². The molecule has 3 rings (SSSR count). The largest absolute Gasteiger partial charge is 0.486 e. The molecule has 0 spiro atoms. The Balaban J connectivity index is 1.56. The first-order valence-electron chi connectivity index (χ1n) is 7.83. The molecular formula is C17H17F2N3O3. The first-order valence-corrected chi connectivity index (χ1v) is 7.83. The number of carboxylic acid groups (broad SMARTS) is 1. The standard InChI is InChI=1S/C17H17F2N3O3/c18-13-3-1-12(2-4-13)11-25-14-9-20-16(21-10-14)22-7-5-17(19,6-8-22)15(23)24/h1-4,9-10H,5-8,11H2,(H,23,24). The molecule has 1 aromatic heterocycles. The highest BCUT2D eigenvalue weighted by Crippen LogP contribution is 2.28. The Morgan fingerprint density at radius 2 is 1.80 bits per heavy atom. The number of piperidine rings is 1. The fourth-order valence-electron chi connectivity index (χ4n) is 2.57. The number of nitrogens with zero attached hydrogens (tertiary/aromatic N) is 3. The number of ether oxygens (including phenoxy) is 1. The number of rotatable bonds is 5. The maximum Gasteiger partial charge on any atom is 0.341 e. The Bertz CT molecular complexity index is 730. The van der Waals surface area contributed by atoms with E-state index in [1.165, 1.54) is 24.5 Å². The Morgan fingerprint density at radius 1 is 1.20 bits per heavy atom. The molecule has 6 nitrogen and oxygen atoms in total. The maximum atomic E-state index is 14.0. The highest BCUT2D eigenvalue weighted by Gasteiger charge is 2.42. The Hall–Kier alpha value is -2.77. The summed E-state index contributed by atoms with van der Waals surface area (Å²) in [5, 5.41) is 8.90. The predicted molar refractivity (Wildman–Crippen MR) is 85.7 cm³/mol. The van der Waals surface area contributed by atoms with Gasteiger partial charge in [-0.3, -0.25) is 0 Å². The summed E-state index contributed by atoms with van der Waals surface area (Å²) in [5.41, 5.74) is -1.36. The zero-order chi connectivity index (χ0) is 17.9. The molecule has 0 bridgehead atoms. The van der Waals surface area contributed by atoms with Crippen LogP contribution >= 0.6 is 0 Å². The molecular weight excluding hydrogens is 332 g/mol. The van der Waals surface area contributed by atoms with Gasteiger partial charge in [0.1, 0.15) is 12.4 Å². The van der Waals surface area contributed by atoms with Gasteiger partial charge in [-0.05, 0) is 17.7 Å². The lowest BCUT2D eigenvalue weighted by atomic mass is 9.94. The molecule has 1 N–H and O–H groups in total. The molecule has 1 aliphatic heterocycles. The first kappa shape index (κ1) is 17.1. The Morgan fingerprint density at radius 3 is 2.36 bits per heavy atom. The van der Waals surface area contributed by atoms with Gasteiger partial charge < -0.3 is 14.7 Å². The minimum atomic E-state index is -2.17. The lowest BCUT2D eigenvalue weighted by Crippen LogP contribution is -2.47. The molecule has 0 amide bonds. The van der Waals surface area contributed by atoms with Crippen molar-refractivity contribution in [2.45, 2.75) is 25.1 Å². The van der Waals surface area contributed by atoms with Gasteiger partial charge in [0.05, 0.1) is 12.4 Å². The SMILES string of the molecule is O=C(O)C1(F)CCN(c2ncc(OCc3ccc(F)cc3)cn2)CC1. The van der Waals surface area contributed by atoms with E-state index in [0.717, 1.165) is 5.56 Å². The smallest absolute Gasteiger partial charge is 0.341 e. The van der Waals surface area contributed by atoms with Crippen molar-refractivity contribution in [2.24, 2.45) is 0 Å². The molecule has 1 fully saturated rings. The number of aliphatic carboxylic acids is 1. The summed E-state index contributed by atoms with van der Waals surface area (Å²) in [6.07, 6.45) is 2.80. The van der Waals surface area contributed by atoms with Crippen LogP contribution in [0, 0.1) is 5.82 Å². The Kier molecular flexibility index (Phi) is 4.78. The number of hydrogen-bond donors (Lipinski definition) is 1. The van der Waals surface area contributed by atoms with Crippen molar-refractivity contribution in [3.05, 3.63) is 48.0 Å². The third-order valence-electron chi connectivity index (χ3n) is 4.16. The van der Waals surface area contributed by atoms with Crippen LogP contribution in [0.2, 0.25) is 0 Å². The molecule has 8 heteroatoms. The normalized spacial score (nSPS) is 16.5. The van der Waals surface area contributed by atoms with Gasteiger partial charge in [-0.2, -0.15) is 0 Å². The number of anilines is 1. The molecule has 2 heterocycles. The van der Waals surface area contributed by atoms with E-state index in [-0.39, 0.29) is 38.4 Å². The van der Waals surface area contributed by atoms with Crippen molar-refractivity contribution in [3.63, 3.8) is 0 Å². The number of carboxylic acids is 1. The summed E-state index contributed by atoms with van der Waals surface area (Å²) in [4.78, 5) is 21.0. The zero-order valence-corrected chi connectivity index (χ0v) is 13.4. The van der Waals surface area contributed by atoms with E-state index in [1.807, 2.05) is 0 Å². The summed E-state index contributed by atoms with van der Waals surface area (Å²) in [7, 11) is 0. The quantitative estimate of drug-likeness (QED) is 0.894. The van der Waals surface area contributed by atoms with E-state index in [4.69, 9.17) is 9.84 Å². The number of carbonyl (C=O) groups is 1. The van der Waals surface area contributed by atoms with Gasteiger partial charge in [0.25, 0.3) is 0 Å². The molecule has 0 unspecified atom stereocenters. The maximum absolute atomic E-state index is 14.0. The molecule has 0 saturated carbocycles. The monoisotopic (exact) mass is 349 g/mol. The number of halogens is 2. The van der Waals surface area contributed by atoms with E-state index in [9.17, 15) is 13.6 Å². The van der Waals surface area contributed by atoms with Crippen LogP contribution in [-0.2, 0) is 11.4 Å². The van der Waals surface area contributed by atoms with Crippen molar-refractivity contribution < 1.29 is 23.4 Å². The molecule has 0 aliphatic carbocycles. The van der Waals surface area contributed by atoms with Gasteiger partial charge in [-0.25, -0.2) is 23.5 Å². The van der Waals surface area contributed by atoms with Crippen LogP contribution in [0.5, 0.6) is 5.75 Å². The van der Waals surface area contributed by atoms with E-state index >= 15 is 0 Å². The van der Waals surface area contributed by atoms with Crippen LogP contribution in [0.3, 0.4) is 0 Å². The van der Waals surface area contributed by atoms with Crippen LogP contribution in [0.4, 0.5) is 14.7 Å². The van der Waals surface area contributed by atoms with E-state index in [2.05, 4.69) is 9.97 Å². The summed E-state index contributed by atoms with van der Waals surface area (Å²) in [6.45, 7) is 0.729. The second kappa shape index (κ2) is 7.00. The number of hydrogen-bond acceptors (Lipinski definition) is 5. The minimum absolute atomic E-state index is 0.103. The molecule has 0 radical (unpaired) electrons. The Labute approximate surface area is 143 Å². The van der Waals surface area contributed by atoms with Crippen molar-refractivity contribution >= 4 is 11.9 Å².